The molecule has 2 aliphatic carbocycles. The minimum Gasteiger partial charge on any atom is -0.502 e. The van der Waals surface area contributed by atoms with Crippen molar-refractivity contribution >= 4 is 41.9 Å². The lowest BCUT2D eigenvalue weighted by Gasteiger charge is -2.42. The van der Waals surface area contributed by atoms with Gasteiger partial charge >= 0.3 is 12.2 Å². The van der Waals surface area contributed by atoms with Gasteiger partial charge in [-0.3, -0.25) is 19.2 Å². The quantitative estimate of drug-likeness (QED) is 0.418. The van der Waals surface area contributed by atoms with Crippen LogP contribution in [0.4, 0.5) is 9.59 Å². The molecule has 1 aromatic carbocycles. The first kappa shape index (κ1) is 27.9. The van der Waals surface area contributed by atoms with Crippen LogP contribution >= 0.6 is 0 Å². The second-order valence-electron chi connectivity index (χ2n) is 10.2. The van der Waals surface area contributed by atoms with Gasteiger partial charge in [0.05, 0.1) is 52.1 Å². The van der Waals surface area contributed by atoms with Crippen molar-refractivity contribution in [3.8, 4) is 17.2 Å². The number of phenolic OH excluding ortho intramolecular Hbond substituents is 1. The van der Waals surface area contributed by atoms with E-state index in [0.717, 1.165) is 14.2 Å². The fraction of sp³-hybridized carbons (Fsp3) is 0.429. The fourth-order valence-corrected chi connectivity index (χ4v) is 6.62. The van der Waals surface area contributed by atoms with E-state index in [0.29, 0.717) is 20.9 Å². The van der Waals surface area contributed by atoms with Crippen LogP contribution in [0.15, 0.2) is 29.9 Å². The Morgan fingerprint density at radius 1 is 0.805 bits per heavy atom. The lowest BCUT2D eigenvalue weighted by atomic mass is 9.58. The summed E-state index contributed by atoms with van der Waals surface area (Å²) >= 11 is 0. The smallest absolute Gasteiger partial charge is 0.423 e. The van der Waals surface area contributed by atoms with Gasteiger partial charge in [-0.1, -0.05) is 23.8 Å². The predicted octanol–water partition coefficient (Wildman–Crippen LogP) is 2.12. The van der Waals surface area contributed by atoms with Gasteiger partial charge < -0.3 is 24.1 Å². The van der Waals surface area contributed by atoms with Crippen molar-refractivity contribution in [2.24, 2.45) is 35.5 Å². The summed E-state index contributed by atoms with van der Waals surface area (Å²) in [6, 6.07) is 3.10. The van der Waals surface area contributed by atoms with E-state index >= 15 is 0 Å². The number of aromatic hydroxyl groups is 1. The summed E-state index contributed by atoms with van der Waals surface area (Å²) in [7, 11) is 4.88. The zero-order chi connectivity index (χ0) is 29.7. The van der Waals surface area contributed by atoms with Crippen LogP contribution in [0, 0.1) is 35.5 Å². The second-order valence-corrected chi connectivity index (χ2v) is 10.2. The van der Waals surface area contributed by atoms with E-state index in [9.17, 15) is 33.9 Å². The number of ether oxygens (including phenoxy) is 4. The van der Waals surface area contributed by atoms with Crippen molar-refractivity contribution in [3.05, 3.63) is 35.4 Å². The van der Waals surface area contributed by atoms with Crippen molar-refractivity contribution in [2.75, 3.05) is 28.4 Å². The summed E-state index contributed by atoms with van der Waals surface area (Å²) in [6.45, 7) is 0. The molecule has 2 heterocycles. The molecule has 2 saturated heterocycles. The van der Waals surface area contributed by atoms with Crippen LogP contribution in [0.25, 0.3) is 6.08 Å². The number of hydrogen-bond donors (Lipinski definition) is 1. The zero-order valence-corrected chi connectivity index (χ0v) is 22.7. The summed E-state index contributed by atoms with van der Waals surface area (Å²) in [5.74, 6) is -7.91. The monoisotopic (exact) mass is 568 g/mol. The molecule has 216 valence electrons. The highest BCUT2D eigenvalue weighted by Crippen LogP contribution is 2.55. The Morgan fingerprint density at radius 2 is 1.34 bits per heavy atom. The largest absolute Gasteiger partial charge is 0.502 e. The molecule has 4 aliphatic rings. The Labute approximate surface area is 234 Å². The third-order valence-corrected chi connectivity index (χ3v) is 8.41. The van der Waals surface area contributed by atoms with Gasteiger partial charge in [0.2, 0.25) is 29.4 Å². The summed E-state index contributed by atoms with van der Waals surface area (Å²) in [6.07, 6.45) is 3.09. The highest BCUT2D eigenvalue weighted by Gasteiger charge is 2.63. The molecule has 6 unspecified atom stereocenters. The standard InChI is InChI=1S/C28H28N2O11/c1-38-18-9-12(10-19(39-2)22(18)31)5-6-14-13-7-8-15-21(26(35)29(23(15)32)27(36)40-3)16(13)11-17-20(14)25(34)30(24(17)33)28(37)41-4/h5-7,9-10,14-17,20-21,31H,8,11H2,1-4H3. The molecule has 3 fully saturated rings. The molecule has 0 radical (unpaired) electrons. The number of carbonyl (C=O) groups excluding carboxylic acids is 6. The lowest BCUT2D eigenvalue weighted by Crippen LogP contribution is -2.43. The zero-order valence-electron chi connectivity index (χ0n) is 22.7. The van der Waals surface area contributed by atoms with Crippen LogP contribution in [0.5, 0.6) is 17.2 Å². The van der Waals surface area contributed by atoms with Gasteiger partial charge in [-0.25, -0.2) is 9.59 Å². The Hall–Kier alpha value is -4.68. The number of fused-ring (bicyclic) bond motifs is 4. The maximum Gasteiger partial charge on any atom is 0.423 e. The number of methoxy groups -OCH3 is 4. The normalized spacial score (nSPS) is 28.7. The van der Waals surface area contributed by atoms with Crippen molar-refractivity contribution in [3.63, 3.8) is 0 Å². The van der Waals surface area contributed by atoms with Gasteiger partial charge in [0, 0.05) is 5.92 Å². The van der Waals surface area contributed by atoms with E-state index in [1.807, 2.05) is 0 Å². The van der Waals surface area contributed by atoms with E-state index in [4.69, 9.17) is 9.47 Å². The number of phenols is 1. The van der Waals surface area contributed by atoms with Crippen molar-refractivity contribution < 1.29 is 52.8 Å². The number of likely N-dealkylation sites (tertiary alicyclic amines) is 2. The van der Waals surface area contributed by atoms with E-state index in [-0.39, 0.29) is 30.1 Å². The Kier molecular flexibility index (Phi) is 7.05. The van der Waals surface area contributed by atoms with E-state index < -0.39 is 71.3 Å². The molecule has 6 amide bonds. The maximum absolute atomic E-state index is 13.5. The van der Waals surface area contributed by atoms with E-state index in [1.54, 1.807) is 30.4 Å². The number of nitrogens with zero attached hydrogens (tertiary/aromatic N) is 2. The molecule has 0 aromatic heterocycles. The number of benzene rings is 1. The molecular formula is C28H28N2O11. The number of amides is 6. The summed E-state index contributed by atoms with van der Waals surface area (Å²) < 4.78 is 19.8. The van der Waals surface area contributed by atoms with Gasteiger partial charge in [0.1, 0.15) is 0 Å². The van der Waals surface area contributed by atoms with Crippen LogP contribution < -0.4 is 9.47 Å². The van der Waals surface area contributed by atoms with Crippen LogP contribution in [0.3, 0.4) is 0 Å². The Morgan fingerprint density at radius 3 is 1.88 bits per heavy atom. The first-order valence-corrected chi connectivity index (χ1v) is 12.8. The third kappa shape index (κ3) is 4.14. The maximum atomic E-state index is 13.5. The minimum absolute atomic E-state index is 0.0228. The summed E-state index contributed by atoms with van der Waals surface area (Å²) in [4.78, 5) is 78.9. The van der Waals surface area contributed by atoms with Crippen LogP contribution in [-0.2, 0) is 28.7 Å². The van der Waals surface area contributed by atoms with Crippen molar-refractivity contribution in [2.45, 2.75) is 12.8 Å². The Balaban J connectivity index is 1.59. The van der Waals surface area contributed by atoms with Crippen LogP contribution in [-0.4, -0.2) is 79.2 Å². The van der Waals surface area contributed by atoms with Gasteiger partial charge in [-0.15, -0.1) is 0 Å². The number of imide groups is 6. The predicted molar refractivity (Wildman–Crippen MR) is 137 cm³/mol. The second kappa shape index (κ2) is 10.4. The minimum atomic E-state index is -1.11. The molecule has 13 nitrogen and oxygen atoms in total. The van der Waals surface area contributed by atoms with Gasteiger partial charge in [-0.05, 0) is 36.5 Å². The average molecular weight is 569 g/mol. The molecule has 1 saturated carbocycles. The van der Waals surface area contributed by atoms with Gasteiger partial charge in [0.15, 0.2) is 11.5 Å². The lowest BCUT2D eigenvalue weighted by molar-refractivity contribution is -0.139. The van der Waals surface area contributed by atoms with E-state index in [1.165, 1.54) is 14.2 Å². The molecule has 5 rings (SSSR count). The highest BCUT2D eigenvalue weighted by atomic mass is 16.6. The summed E-state index contributed by atoms with van der Waals surface area (Å²) in [5, 5.41) is 10.3. The molecule has 0 spiro atoms. The van der Waals surface area contributed by atoms with Gasteiger partial charge in [-0.2, -0.15) is 9.80 Å². The highest BCUT2D eigenvalue weighted by molar-refractivity contribution is 6.17. The molecule has 0 bridgehead atoms. The Bertz CT molecular complexity index is 1400. The fourth-order valence-electron chi connectivity index (χ4n) is 6.62. The number of allylic oxidation sites excluding steroid dienone is 3. The first-order valence-electron chi connectivity index (χ1n) is 12.8. The van der Waals surface area contributed by atoms with E-state index in [2.05, 4.69) is 9.47 Å². The van der Waals surface area contributed by atoms with Gasteiger partial charge in [0.25, 0.3) is 0 Å². The number of carbonyl (C=O) groups is 6. The van der Waals surface area contributed by atoms with Crippen molar-refractivity contribution in [1.82, 2.24) is 9.80 Å². The van der Waals surface area contributed by atoms with Crippen molar-refractivity contribution in [1.29, 1.82) is 0 Å². The molecule has 6 atom stereocenters. The molecular weight excluding hydrogens is 540 g/mol. The van der Waals surface area contributed by atoms with Crippen LogP contribution in [0.1, 0.15) is 18.4 Å². The molecule has 1 aromatic rings. The molecule has 2 aliphatic heterocycles. The number of rotatable bonds is 4. The molecule has 41 heavy (non-hydrogen) atoms. The molecule has 1 N–H and O–H groups in total. The first-order chi connectivity index (χ1) is 19.6. The summed E-state index contributed by atoms with van der Waals surface area (Å²) in [5.41, 5.74) is 1.19. The van der Waals surface area contributed by atoms with Crippen LogP contribution in [0.2, 0.25) is 0 Å². The third-order valence-electron chi connectivity index (χ3n) is 8.41. The topological polar surface area (TPSA) is 166 Å². The number of hydrogen-bond acceptors (Lipinski definition) is 11. The molecule has 13 heteroatoms. The average Bonchev–Trinajstić information content (AvgIpc) is 3.38. The SMILES string of the molecule is COC(=O)N1C(=O)C2CC3C(=CCC4C(=O)N(C(=O)OC)C(=O)C43)C(C=Cc3cc(OC)c(O)c(OC)c3)C2C1=O.